The molecule has 1 fully saturated rings. The van der Waals surface area contributed by atoms with Crippen LogP contribution < -0.4 is 0 Å². The first-order valence-corrected chi connectivity index (χ1v) is 7.62. The SMILES string of the molecule is C[C@@H]1CN(Cc2nnn(C)n2)[C@@H](C)CN1C(=O)OC(C)(C)C. The zero-order valence-corrected chi connectivity index (χ0v) is 14.3. The van der Waals surface area contributed by atoms with Crippen LogP contribution in [0, 0.1) is 0 Å². The van der Waals surface area contributed by atoms with E-state index in [1.807, 2.05) is 27.7 Å². The Bertz CT molecular complexity index is 524. The number of aryl methyl sites for hydroxylation is 1. The first-order chi connectivity index (χ1) is 10.2. The summed E-state index contributed by atoms with van der Waals surface area (Å²) in [4.78, 5) is 17.8. The quantitative estimate of drug-likeness (QED) is 0.812. The van der Waals surface area contributed by atoms with Crippen molar-refractivity contribution in [2.45, 2.75) is 58.8 Å². The molecular formula is C14H26N6O2. The smallest absolute Gasteiger partial charge is 0.410 e. The molecule has 0 N–H and O–H groups in total. The van der Waals surface area contributed by atoms with Gasteiger partial charge in [0.15, 0.2) is 5.82 Å². The normalized spacial score (nSPS) is 23.6. The van der Waals surface area contributed by atoms with Crippen LogP contribution in [-0.4, -0.2) is 66.9 Å². The van der Waals surface area contributed by atoms with Crippen molar-refractivity contribution in [1.82, 2.24) is 30.0 Å². The number of hydrogen-bond donors (Lipinski definition) is 0. The summed E-state index contributed by atoms with van der Waals surface area (Å²) in [6.45, 7) is 11.8. The van der Waals surface area contributed by atoms with E-state index in [4.69, 9.17) is 4.74 Å². The van der Waals surface area contributed by atoms with Gasteiger partial charge in [-0.2, -0.15) is 4.80 Å². The van der Waals surface area contributed by atoms with Gasteiger partial charge < -0.3 is 9.64 Å². The summed E-state index contributed by atoms with van der Waals surface area (Å²) in [5.41, 5.74) is -0.472. The molecule has 0 bridgehead atoms. The molecular weight excluding hydrogens is 284 g/mol. The lowest BCUT2D eigenvalue weighted by molar-refractivity contribution is -0.0121. The lowest BCUT2D eigenvalue weighted by Gasteiger charge is -2.43. The number of carbonyl (C=O) groups excluding carboxylic acids is 1. The number of carbonyl (C=O) groups is 1. The standard InChI is InChI=1S/C14H26N6O2/c1-10-8-20(13(21)22-14(3,4)5)11(2)7-19(10)9-12-15-17-18(6)16-12/h10-11H,7-9H2,1-6H3/t10-,11+/m0/s1. The predicted octanol–water partition coefficient (Wildman–Crippen LogP) is 1.04. The van der Waals surface area contributed by atoms with E-state index < -0.39 is 5.60 Å². The number of amides is 1. The average molecular weight is 310 g/mol. The molecule has 8 nitrogen and oxygen atoms in total. The molecule has 22 heavy (non-hydrogen) atoms. The summed E-state index contributed by atoms with van der Waals surface area (Å²) in [6.07, 6.45) is -0.246. The van der Waals surface area contributed by atoms with Crippen molar-refractivity contribution in [2.24, 2.45) is 7.05 Å². The van der Waals surface area contributed by atoms with Crippen LogP contribution >= 0.6 is 0 Å². The monoisotopic (exact) mass is 310 g/mol. The number of rotatable bonds is 2. The van der Waals surface area contributed by atoms with Crippen LogP contribution in [-0.2, 0) is 18.3 Å². The number of ether oxygens (including phenoxy) is 1. The van der Waals surface area contributed by atoms with Gasteiger partial charge in [-0.1, -0.05) is 0 Å². The highest BCUT2D eigenvalue weighted by molar-refractivity contribution is 5.68. The zero-order valence-electron chi connectivity index (χ0n) is 14.3. The maximum Gasteiger partial charge on any atom is 0.410 e. The van der Waals surface area contributed by atoms with Crippen molar-refractivity contribution >= 4 is 6.09 Å². The molecule has 1 aliphatic heterocycles. The van der Waals surface area contributed by atoms with Gasteiger partial charge in [0.1, 0.15) is 5.60 Å². The van der Waals surface area contributed by atoms with Gasteiger partial charge in [0.2, 0.25) is 0 Å². The molecule has 0 aliphatic carbocycles. The van der Waals surface area contributed by atoms with Crippen LogP contribution in [0.25, 0.3) is 0 Å². The Balaban J connectivity index is 1.97. The molecule has 2 rings (SSSR count). The molecule has 2 atom stereocenters. The Morgan fingerprint density at radius 1 is 1.27 bits per heavy atom. The minimum Gasteiger partial charge on any atom is -0.444 e. The molecule has 2 heterocycles. The molecule has 1 saturated heterocycles. The van der Waals surface area contributed by atoms with Gasteiger partial charge in [-0.3, -0.25) is 4.90 Å². The Hall–Kier alpha value is -1.70. The Kier molecular flexibility index (Phi) is 4.69. The van der Waals surface area contributed by atoms with Gasteiger partial charge in [0.25, 0.3) is 0 Å². The molecule has 0 spiro atoms. The van der Waals surface area contributed by atoms with Crippen LogP contribution in [0.15, 0.2) is 0 Å². The summed E-state index contributed by atoms with van der Waals surface area (Å²) < 4.78 is 5.48. The number of nitrogens with zero attached hydrogens (tertiary/aromatic N) is 6. The molecule has 8 heteroatoms. The fourth-order valence-electron chi connectivity index (χ4n) is 2.56. The van der Waals surface area contributed by atoms with Crippen molar-refractivity contribution < 1.29 is 9.53 Å². The maximum absolute atomic E-state index is 12.3. The Morgan fingerprint density at radius 2 is 1.95 bits per heavy atom. The van der Waals surface area contributed by atoms with Gasteiger partial charge in [-0.25, -0.2) is 4.79 Å². The summed E-state index contributed by atoms with van der Waals surface area (Å²) in [7, 11) is 1.75. The van der Waals surface area contributed by atoms with Gasteiger partial charge in [0.05, 0.1) is 13.6 Å². The van der Waals surface area contributed by atoms with E-state index in [-0.39, 0.29) is 18.2 Å². The summed E-state index contributed by atoms with van der Waals surface area (Å²) in [6, 6.07) is 0.301. The van der Waals surface area contributed by atoms with Crippen molar-refractivity contribution in [3.05, 3.63) is 5.82 Å². The van der Waals surface area contributed by atoms with E-state index in [0.29, 0.717) is 18.9 Å². The Morgan fingerprint density at radius 3 is 2.50 bits per heavy atom. The van der Waals surface area contributed by atoms with Crippen LogP contribution in [0.1, 0.15) is 40.4 Å². The molecule has 1 amide bonds. The average Bonchev–Trinajstić information content (AvgIpc) is 2.76. The third-order valence-electron chi connectivity index (χ3n) is 3.64. The van der Waals surface area contributed by atoms with Crippen molar-refractivity contribution in [3.63, 3.8) is 0 Å². The fraction of sp³-hybridized carbons (Fsp3) is 0.857. The lowest BCUT2D eigenvalue weighted by Crippen LogP contribution is -2.58. The fourth-order valence-corrected chi connectivity index (χ4v) is 2.56. The second-order valence-corrected chi connectivity index (χ2v) is 6.96. The second-order valence-electron chi connectivity index (χ2n) is 6.96. The second kappa shape index (κ2) is 6.20. The largest absolute Gasteiger partial charge is 0.444 e. The van der Waals surface area contributed by atoms with E-state index in [2.05, 4.69) is 27.2 Å². The number of hydrogen-bond acceptors (Lipinski definition) is 6. The van der Waals surface area contributed by atoms with Crippen molar-refractivity contribution in [2.75, 3.05) is 13.1 Å². The first kappa shape index (κ1) is 16.7. The third kappa shape index (κ3) is 4.16. The molecule has 0 aromatic carbocycles. The topological polar surface area (TPSA) is 76.4 Å². The van der Waals surface area contributed by atoms with Gasteiger partial charge in [-0.15, -0.1) is 10.2 Å². The summed E-state index contributed by atoms with van der Waals surface area (Å²) >= 11 is 0. The van der Waals surface area contributed by atoms with Crippen molar-refractivity contribution in [1.29, 1.82) is 0 Å². The minimum absolute atomic E-state index is 0.0859. The summed E-state index contributed by atoms with van der Waals surface area (Å²) in [5, 5.41) is 12.1. The number of aromatic nitrogens is 4. The highest BCUT2D eigenvalue weighted by atomic mass is 16.6. The third-order valence-corrected chi connectivity index (χ3v) is 3.64. The van der Waals surface area contributed by atoms with E-state index in [0.717, 1.165) is 6.54 Å². The van der Waals surface area contributed by atoms with E-state index >= 15 is 0 Å². The Labute approximate surface area is 131 Å². The van der Waals surface area contributed by atoms with Crippen LogP contribution in [0.5, 0.6) is 0 Å². The van der Waals surface area contributed by atoms with E-state index in [9.17, 15) is 4.79 Å². The van der Waals surface area contributed by atoms with Crippen LogP contribution in [0.4, 0.5) is 4.79 Å². The molecule has 1 aromatic heterocycles. The van der Waals surface area contributed by atoms with Crippen LogP contribution in [0.3, 0.4) is 0 Å². The summed E-state index contributed by atoms with van der Waals surface area (Å²) in [5.74, 6) is 0.701. The van der Waals surface area contributed by atoms with Crippen LogP contribution in [0.2, 0.25) is 0 Å². The highest BCUT2D eigenvalue weighted by Crippen LogP contribution is 2.19. The zero-order chi connectivity index (χ0) is 16.5. The molecule has 1 aromatic rings. The molecule has 0 saturated carbocycles. The van der Waals surface area contributed by atoms with E-state index in [1.54, 1.807) is 11.9 Å². The first-order valence-electron chi connectivity index (χ1n) is 7.62. The minimum atomic E-state index is -0.472. The maximum atomic E-state index is 12.3. The van der Waals surface area contributed by atoms with E-state index in [1.165, 1.54) is 4.80 Å². The molecule has 124 valence electrons. The molecule has 0 radical (unpaired) electrons. The molecule has 0 unspecified atom stereocenters. The molecule has 1 aliphatic rings. The number of piperazine rings is 1. The van der Waals surface area contributed by atoms with Gasteiger partial charge in [0, 0.05) is 25.2 Å². The lowest BCUT2D eigenvalue weighted by atomic mass is 10.1. The highest BCUT2D eigenvalue weighted by Gasteiger charge is 2.34. The van der Waals surface area contributed by atoms with Crippen molar-refractivity contribution in [3.8, 4) is 0 Å². The van der Waals surface area contributed by atoms with Gasteiger partial charge in [-0.05, 0) is 39.8 Å². The van der Waals surface area contributed by atoms with Gasteiger partial charge >= 0.3 is 6.09 Å². The predicted molar refractivity (Wildman–Crippen MR) is 81.1 cm³/mol. The number of tetrazole rings is 1.